The summed E-state index contributed by atoms with van der Waals surface area (Å²) in [6.07, 6.45) is 10.7. The monoisotopic (exact) mass is 398 g/mol. The Kier molecular flexibility index (Phi) is 4.80. The maximum Gasteiger partial charge on any atom is 0.264 e. The zero-order valence-corrected chi connectivity index (χ0v) is 16.7. The molecule has 3 aliphatic rings. The Balaban J connectivity index is 1.27. The largest absolute Gasteiger partial charge is 0.391 e. The average molecular weight is 399 g/mol. The number of fused-ring (bicyclic) bond motifs is 2. The highest BCUT2D eigenvalue weighted by Crippen LogP contribution is 2.39. The van der Waals surface area contributed by atoms with Crippen LogP contribution in [0.25, 0.3) is 0 Å². The molecule has 4 atom stereocenters. The summed E-state index contributed by atoms with van der Waals surface area (Å²) in [5.41, 5.74) is 2.69. The zero-order chi connectivity index (χ0) is 19.1. The van der Waals surface area contributed by atoms with E-state index in [0.29, 0.717) is 17.7 Å². The molecule has 148 valence electrons. The van der Waals surface area contributed by atoms with E-state index in [1.807, 2.05) is 4.90 Å². The molecule has 1 saturated carbocycles. The van der Waals surface area contributed by atoms with Crippen LogP contribution in [0.1, 0.15) is 46.5 Å². The van der Waals surface area contributed by atoms with Crippen LogP contribution in [0.5, 0.6) is 0 Å². The number of aromatic nitrogens is 2. The summed E-state index contributed by atoms with van der Waals surface area (Å²) in [5.74, 6) is 1.71. The van der Waals surface area contributed by atoms with Crippen molar-refractivity contribution in [2.75, 3.05) is 18.4 Å². The lowest BCUT2D eigenvalue weighted by molar-refractivity contribution is 0.0727. The number of likely N-dealkylation sites (tertiary alicyclic amines) is 1. The topological polar surface area (TPSA) is 78.4 Å². The molecule has 0 bridgehead atoms. The second-order valence-corrected chi connectivity index (χ2v) is 9.27. The highest BCUT2D eigenvalue weighted by Gasteiger charge is 2.43. The van der Waals surface area contributed by atoms with Gasteiger partial charge in [-0.25, -0.2) is 4.98 Å². The molecule has 5 rings (SSSR count). The van der Waals surface area contributed by atoms with E-state index in [4.69, 9.17) is 0 Å². The average Bonchev–Trinajstić information content (AvgIpc) is 3.32. The summed E-state index contributed by atoms with van der Waals surface area (Å²) in [6.45, 7) is 1.56. The molecule has 0 aromatic carbocycles. The van der Waals surface area contributed by atoms with Gasteiger partial charge in [0.2, 0.25) is 0 Å². The lowest BCUT2D eigenvalue weighted by Crippen LogP contribution is -2.43. The van der Waals surface area contributed by atoms with E-state index in [-0.39, 0.29) is 11.9 Å². The van der Waals surface area contributed by atoms with E-state index in [0.717, 1.165) is 43.6 Å². The maximum absolute atomic E-state index is 13.2. The predicted molar refractivity (Wildman–Crippen MR) is 109 cm³/mol. The van der Waals surface area contributed by atoms with Crippen molar-refractivity contribution >= 4 is 23.1 Å². The van der Waals surface area contributed by atoms with Gasteiger partial charge in [0.25, 0.3) is 5.91 Å². The number of carbonyl (C=O) groups is 1. The lowest BCUT2D eigenvalue weighted by atomic mass is 9.77. The first-order valence-corrected chi connectivity index (χ1v) is 11.2. The van der Waals surface area contributed by atoms with Gasteiger partial charge in [0.05, 0.1) is 23.2 Å². The van der Waals surface area contributed by atoms with Crippen LogP contribution < -0.4 is 5.32 Å². The van der Waals surface area contributed by atoms with Crippen molar-refractivity contribution in [3.63, 3.8) is 0 Å². The molecule has 0 spiro atoms. The molecule has 6 nitrogen and oxygen atoms in total. The molecule has 2 aromatic rings. The van der Waals surface area contributed by atoms with Crippen LogP contribution in [0, 0.1) is 11.8 Å². The highest BCUT2D eigenvalue weighted by atomic mass is 32.1. The molecule has 0 radical (unpaired) electrons. The number of anilines is 1. The van der Waals surface area contributed by atoms with Crippen LogP contribution in [0.3, 0.4) is 0 Å². The van der Waals surface area contributed by atoms with Crippen LogP contribution in [0.2, 0.25) is 0 Å². The van der Waals surface area contributed by atoms with Crippen LogP contribution in [0.4, 0.5) is 5.82 Å². The fourth-order valence-electron chi connectivity index (χ4n) is 5.16. The number of aliphatic hydroxyl groups excluding tert-OH is 1. The standard InChI is InChI=1S/C21H26N4O2S/c26-18-8-15-11-25(21(27)20-16-4-2-1-3-13(16)12-28-20)10-14(15)7-17(18)24-19-9-22-5-6-23-19/h5-6,9,12,14-15,17-18,26H,1-4,7-8,10-11H2,(H,23,24)/t14-,15+,17-,18-/m1/s1. The number of hydrogen-bond donors (Lipinski definition) is 2. The molecule has 28 heavy (non-hydrogen) atoms. The van der Waals surface area contributed by atoms with Crippen LogP contribution in [-0.4, -0.2) is 51.1 Å². The molecular weight excluding hydrogens is 372 g/mol. The van der Waals surface area contributed by atoms with E-state index in [1.165, 1.54) is 24.0 Å². The summed E-state index contributed by atoms with van der Waals surface area (Å²) >= 11 is 1.63. The van der Waals surface area contributed by atoms with Gasteiger partial charge in [0, 0.05) is 25.5 Å². The first-order valence-electron chi connectivity index (χ1n) is 10.3. The molecule has 2 aromatic heterocycles. The van der Waals surface area contributed by atoms with Gasteiger partial charge in [-0.2, -0.15) is 0 Å². The Hall–Kier alpha value is -1.99. The van der Waals surface area contributed by atoms with Gasteiger partial charge in [-0.15, -0.1) is 11.3 Å². The second kappa shape index (κ2) is 7.44. The van der Waals surface area contributed by atoms with E-state index in [1.54, 1.807) is 29.9 Å². The molecule has 1 amide bonds. The van der Waals surface area contributed by atoms with Crippen molar-refractivity contribution in [1.82, 2.24) is 14.9 Å². The van der Waals surface area contributed by atoms with E-state index >= 15 is 0 Å². The zero-order valence-electron chi connectivity index (χ0n) is 15.9. The number of thiophene rings is 1. The van der Waals surface area contributed by atoms with Crippen LogP contribution in [0.15, 0.2) is 24.0 Å². The Morgan fingerprint density at radius 3 is 2.82 bits per heavy atom. The van der Waals surface area contributed by atoms with Crippen molar-refractivity contribution in [2.24, 2.45) is 11.8 Å². The van der Waals surface area contributed by atoms with Crippen molar-refractivity contribution in [1.29, 1.82) is 0 Å². The van der Waals surface area contributed by atoms with E-state index in [2.05, 4.69) is 20.7 Å². The Morgan fingerprint density at radius 1 is 1.18 bits per heavy atom. The number of rotatable bonds is 3. The van der Waals surface area contributed by atoms with Crippen LogP contribution in [-0.2, 0) is 12.8 Å². The molecular formula is C21H26N4O2S. The van der Waals surface area contributed by atoms with Crippen molar-refractivity contribution in [2.45, 2.75) is 50.7 Å². The fraction of sp³-hybridized carbons (Fsp3) is 0.571. The third-order valence-electron chi connectivity index (χ3n) is 6.62. The summed E-state index contributed by atoms with van der Waals surface area (Å²) < 4.78 is 0. The maximum atomic E-state index is 13.2. The third kappa shape index (κ3) is 3.31. The second-order valence-electron chi connectivity index (χ2n) is 8.39. The molecule has 2 fully saturated rings. The lowest BCUT2D eigenvalue weighted by Gasteiger charge is -2.35. The number of nitrogens with one attached hydrogen (secondary N) is 1. The van der Waals surface area contributed by atoms with Gasteiger partial charge in [0.1, 0.15) is 5.82 Å². The molecule has 3 heterocycles. The number of nitrogens with zero attached hydrogens (tertiary/aromatic N) is 3. The summed E-state index contributed by atoms with van der Waals surface area (Å²) in [5, 5.41) is 16.2. The van der Waals surface area contributed by atoms with Gasteiger partial charge >= 0.3 is 0 Å². The van der Waals surface area contributed by atoms with E-state index < -0.39 is 6.10 Å². The Bertz CT molecular complexity index is 855. The molecule has 0 unspecified atom stereocenters. The van der Waals surface area contributed by atoms with Gasteiger partial charge in [-0.1, -0.05) is 0 Å². The first kappa shape index (κ1) is 18.1. The molecule has 1 saturated heterocycles. The van der Waals surface area contributed by atoms with E-state index in [9.17, 15) is 9.90 Å². The Labute approximate surface area is 169 Å². The molecule has 1 aliphatic heterocycles. The molecule has 7 heteroatoms. The number of hydrogen-bond acceptors (Lipinski definition) is 6. The summed E-state index contributed by atoms with van der Waals surface area (Å²) in [6, 6.07) is -0.0394. The minimum atomic E-state index is -0.423. The molecule has 2 N–H and O–H groups in total. The van der Waals surface area contributed by atoms with Gasteiger partial charge in [-0.3, -0.25) is 9.78 Å². The fourth-order valence-corrected chi connectivity index (χ4v) is 6.28. The van der Waals surface area contributed by atoms with Gasteiger partial charge in [-0.05, 0) is 66.9 Å². The van der Waals surface area contributed by atoms with Crippen molar-refractivity contribution in [3.8, 4) is 0 Å². The number of carbonyl (C=O) groups excluding carboxylic acids is 1. The number of aliphatic hydroxyl groups is 1. The predicted octanol–water partition coefficient (Wildman–Crippen LogP) is 2.74. The van der Waals surface area contributed by atoms with Gasteiger partial charge < -0.3 is 15.3 Å². The summed E-state index contributed by atoms with van der Waals surface area (Å²) in [4.78, 5) is 24.6. The quantitative estimate of drug-likeness (QED) is 0.831. The number of aryl methyl sites for hydroxylation is 1. The van der Waals surface area contributed by atoms with Gasteiger partial charge in [0.15, 0.2) is 0 Å². The minimum Gasteiger partial charge on any atom is -0.391 e. The van der Waals surface area contributed by atoms with Crippen molar-refractivity contribution in [3.05, 3.63) is 40.0 Å². The smallest absolute Gasteiger partial charge is 0.264 e. The van der Waals surface area contributed by atoms with Crippen LogP contribution >= 0.6 is 11.3 Å². The highest BCUT2D eigenvalue weighted by molar-refractivity contribution is 7.12. The number of amides is 1. The third-order valence-corrected chi connectivity index (χ3v) is 7.68. The SMILES string of the molecule is O=C(c1scc2c1CCCC2)N1C[C@H]2C[C@@H](Nc3cnccn3)[C@H](O)C[C@H]2C1. The summed E-state index contributed by atoms with van der Waals surface area (Å²) in [7, 11) is 0. The first-order chi connectivity index (χ1) is 13.7. The molecule has 2 aliphatic carbocycles. The van der Waals surface area contributed by atoms with Crippen molar-refractivity contribution < 1.29 is 9.90 Å². The Morgan fingerprint density at radius 2 is 2.00 bits per heavy atom. The minimum absolute atomic E-state index is 0.0394. The normalized spacial score (nSPS) is 29.2.